The van der Waals surface area contributed by atoms with E-state index in [4.69, 9.17) is 20.3 Å². The maximum absolute atomic E-state index is 11.8. The first kappa shape index (κ1) is 18.3. The molecule has 0 bridgehead atoms. The highest BCUT2D eigenvalue weighted by molar-refractivity contribution is 5.89. The zero-order chi connectivity index (χ0) is 17.9. The Labute approximate surface area is 141 Å². The Hall–Kier alpha value is -2.03. The smallest absolute Gasteiger partial charge is 0.437 e. The van der Waals surface area contributed by atoms with Gasteiger partial charge in [0, 0.05) is 19.1 Å². The number of piperidine rings is 1. The van der Waals surface area contributed by atoms with Gasteiger partial charge in [-0.3, -0.25) is 0 Å². The van der Waals surface area contributed by atoms with Gasteiger partial charge in [0.1, 0.15) is 11.7 Å². The van der Waals surface area contributed by atoms with Crippen molar-refractivity contribution in [2.45, 2.75) is 51.4 Å². The fraction of sp³-hybridized carbons (Fsp3) is 0.800. The van der Waals surface area contributed by atoms with Gasteiger partial charge in [0.05, 0.1) is 13.2 Å². The zero-order valence-electron chi connectivity index (χ0n) is 14.4. The summed E-state index contributed by atoms with van der Waals surface area (Å²) in [6, 6.07) is 0.0413. The quantitative estimate of drug-likeness (QED) is 0.554. The van der Waals surface area contributed by atoms with Crippen LogP contribution in [0.2, 0.25) is 0 Å². The summed E-state index contributed by atoms with van der Waals surface area (Å²) in [6.45, 7) is 6.68. The molecular weight excluding hydrogens is 316 g/mol. The van der Waals surface area contributed by atoms with E-state index in [9.17, 15) is 9.59 Å². The van der Waals surface area contributed by atoms with E-state index < -0.39 is 17.8 Å². The van der Waals surface area contributed by atoms with E-state index in [1.807, 2.05) is 0 Å². The van der Waals surface area contributed by atoms with E-state index >= 15 is 0 Å². The van der Waals surface area contributed by atoms with Crippen LogP contribution < -0.4 is 5.73 Å². The Kier molecular flexibility index (Phi) is 5.53. The number of likely N-dealkylation sites (tertiary alicyclic amines) is 1. The van der Waals surface area contributed by atoms with E-state index in [0.29, 0.717) is 32.5 Å². The van der Waals surface area contributed by atoms with E-state index in [1.165, 1.54) is 0 Å². The molecule has 0 spiro atoms. The third-order valence-electron chi connectivity index (χ3n) is 3.93. The van der Waals surface area contributed by atoms with Crippen LogP contribution in [0.4, 0.5) is 9.59 Å². The molecule has 24 heavy (non-hydrogen) atoms. The fourth-order valence-electron chi connectivity index (χ4n) is 2.79. The molecular formula is C15H26N4O5. The molecule has 2 heterocycles. The zero-order valence-corrected chi connectivity index (χ0v) is 14.4. The Morgan fingerprint density at radius 3 is 2.54 bits per heavy atom. The number of guanidine groups is 1. The standard InChI is InChI=1S/C15H26N4O5/c1-15(2,3)24-13(21)17-12(16)18-6-4-10(5-7-18)19-8-11(9-20)23-14(19)22/h10-11,20H,4-9H2,1-3H3,(H2,16,17,21). The monoisotopic (exact) mass is 342 g/mol. The van der Waals surface area contributed by atoms with E-state index in [1.54, 1.807) is 30.6 Å². The molecule has 2 rings (SSSR count). The maximum Gasteiger partial charge on any atom is 0.437 e. The predicted octanol–water partition coefficient (Wildman–Crippen LogP) is 0.514. The summed E-state index contributed by atoms with van der Waals surface area (Å²) in [5.41, 5.74) is 5.26. The lowest BCUT2D eigenvalue weighted by Crippen LogP contribution is -2.49. The van der Waals surface area contributed by atoms with E-state index in [0.717, 1.165) is 0 Å². The van der Waals surface area contributed by atoms with Crippen LogP contribution in [0.15, 0.2) is 4.99 Å². The normalized spacial score (nSPS) is 23.4. The lowest BCUT2D eigenvalue weighted by atomic mass is 10.0. The van der Waals surface area contributed by atoms with Crippen molar-refractivity contribution in [3.8, 4) is 0 Å². The minimum absolute atomic E-state index is 0.0413. The van der Waals surface area contributed by atoms with Gasteiger partial charge >= 0.3 is 12.2 Å². The average Bonchev–Trinajstić information content (AvgIpc) is 2.86. The highest BCUT2D eigenvalue weighted by Crippen LogP contribution is 2.22. The lowest BCUT2D eigenvalue weighted by molar-refractivity contribution is 0.0601. The first-order chi connectivity index (χ1) is 11.2. The van der Waals surface area contributed by atoms with Crippen LogP contribution in [0.3, 0.4) is 0 Å². The molecule has 1 atom stereocenters. The maximum atomic E-state index is 11.8. The SMILES string of the molecule is CC(C)(C)OC(=O)N=C(N)N1CCC(N2CC(CO)OC2=O)CC1. The predicted molar refractivity (Wildman–Crippen MR) is 86.5 cm³/mol. The van der Waals surface area contributed by atoms with Crippen molar-refractivity contribution in [3.63, 3.8) is 0 Å². The molecule has 0 aromatic carbocycles. The third-order valence-corrected chi connectivity index (χ3v) is 3.93. The molecule has 9 nitrogen and oxygen atoms in total. The van der Waals surface area contributed by atoms with Gasteiger partial charge in [0.2, 0.25) is 5.96 Å². The molecule has 9 heteroatoms. The van der Waals surface area contributed by atoms with Crippen molar-refractivity contribution < 1.29 is 24.2 Å². The molecule has 2 saturated heterocycles. The molecule has 136 valence electrons. The molecule has 0 radical (unpaired) electrons. The number of carbonyl (C=O) groups is 2. The molecule has 0 saturated carbocycles. The number of ether oxygens (including phenoxy) is 2. The number of aliphatic hydroxyl groups is 1. The second-order valence-electron chi connectivity index (χ2n) is 7.01. The van der Waals surface area contributed by atoms with Crippen molar-refractivity contribution >= 4 is 18.1 Å². The number of cyclic esters (lactones) is 1. The van der Waals surface area contributed by atoms with Crippen LogP contribution in [-0.4, -0.2) is 77.0 Å². The number of carbonyl (C=O) groups excluding carboxylic acids is 2. The summed E-state index contributed by atoms with van der Waals surface area (Å²) >= 11 is 0. The molecule has 1 unspecified atom stereocenters. The summed E-state index contributed by atoms with van der Waals surface area (Å²) in [5, 5.41) is 9.09. The number of aliphatic hydroxyl groups excluding tert-OH is 1. The fourth-order valence-corrected chi connectivity index (χ4v) is 2.79. The summed E-state index contributed by atoms with van der Waals surface area (Å²) < 4.78 is 10.2. The van der Waals surface area contributed by atoms with Crippen molar-refractivity contribution in [2.24, 2.45) is 10.7 Å². The van der Waals surface area contributed by atoms with Gasteiger partial charge in [-0.15, -0.1) is 4.99 Å². The molecule has 0 aromatic rings. The van der Waals surface area contributed by atoms with Gasteiger partial charge < -0.3 is 30.1 Å². The Balaban J connectivity index is 1.86. The third kappa shape index (κ3) is 4.73. The summed E-state index contributed by atoms with van der Waals surface area (Å²) in [6.07, 6.45) is -0.163. The summed E-state index contributed by atoms with van der Waals surface area (Å²) in [4.78, 5) is 30.7. The summed E-state index contributed by atoms with van der Waals surface area (Å²) in [7, 11) is 0. The van der Waals surface area contributed by atoms with Crippen LogP contribution in [0.5, 0.6) is 0 Å². The van der Waals surface area contributed by atoms with Gasteiger partial charge in [-0.2, -0.15) is 0 Å². The topological polar surface area (TPSA) is 118 Å². The second kappa shape index (κ2) is 7.25. The molecule has 0 aliphatic carbocycles. The lowest BCUT2D eigenvalue weighted by Gasteiger charge is -2.36. The number of nitrogens with two attached hydrogens (primary N) is 1. The van der Waals surface area contributed by atoms with Crippen LogP contribution in [0.25, 0.3) is 0 Å². The van der Waals surface area contributed by atoms with E-state index in [2.05, 4.69) is 4.99 Å². The number of hydrogen-bond donors (Lipinski definition) is 2. The van der Waals surface area contributed by atoms with Crippen LogP contribution >= 0.6 is 0 Å². The van der Waals surface area contributed by atoms with Crippen LogP contribution in [0, 0.1) is 0 Å². The van der Waals surface area contributed by atoms with E-state index in [-0.39, 0.29) is 24.7 Å². The Morgan fingerprint density at radius 1 is 1.42 bits per heavy atom. The number of amides is 2. The summed E-state index contributed by atoms with van der Waals surface area (Å²) in [5.74, 6) is 0.125. The number of rotatable bonds is 2. The molecule has 2 fully saturated rings. The van der Waals surface area contributed by atoms with Gasteiger partial charge in [0.15, 0.2) is 0 Å². The second-order valence-corrected chi connectivity index (χ2v) is 7.01. The van der Waals surface area contributed by atoms with Gasteiger partial charge in [0.25, 0.3) is 0 Å². The van der Waals surface area contributed by atoms with Gasteiger partial charge in [-0.1, -0.05) is 0 Å². The average molecular weight is 342 g/mol. The first-order valence-electron chi connectivity index (χ1n) is 8.10. The number of aliphatic imine (C=N–C) groups is 1. The molecule has 0 aromatic heterocycles. The van der Waals surface area contributed by atoms with Crippen molar-refractivity contribution in [3.05, 3.63) is 0 Å². The molecule has 2 aliphatic heterocycles. The highest BCUT2D eigenvalue weighted by atomic mass is 16.6. The van der Waals surface area contributed by atoms with Crippen LogP contribution in [0.1, 0.15) is 33.6 Å². The van der Waals surface area contributed by atoms with Crippen molar-refractivity contribution in [2.75, 3.05) is 26.2 Å². The molecule has 2 amide bonds. The Bertz CT molecular complexity index is 508. The van der Waals surface area contributed by atoms with Gasteiger partial charge in [-0.05, 0) is 33.6 Å². The molecule has 2 aliphatic rings. The minimum atomic E-state index is -0.712. The van der Waals surface area contributed by atoms with Crippen molar-refractivity contribution in [1.29, 1.82) is 0 Å². The van der Waals surface area contributed by atoms with Crippen LogP contribution in [-0.2, 0) is 9.47 Å². The minimum Gasteiger partial charge on any atom is -0.442 e. The number of nitrogens with zero attached hydrogens (tertiary/aromatic N) is 3. The first-order valence-corrected chi connectivity index (χ1v) is 8.10. The highest BCUT2D eigenvalue weighted by Gasteiger charge is 2.37. The molecule has 3 N–H and O–H groups in total. The Morgan fingerprint density at radius 2 is 2.04 bits per heavy atom. The van der Waals surface area contributed by atoms with Crippen molar-refractivity contribution in [1.82, 2.24) is 9.80 Å². The largest absolute Gasteiger partial charge is 0.442 e. The number of hydrogen-bond acceptors (Lipinski definition) is 5. The van der Waals surface area contributed by atoms with Gasteiger partial charge in [-0.25, -0.2) is 9.59 Å².